The molecule has 1 unspecified atom stereocenters. The van der Waals surface area contributed by atoms with E-state index in [1.165, 1.54) is 16.7 Å². The average Bonchev–Trinajstić information content (AvgIpc) is 3.21. The zero-order valence-corrected chi connectivity index (χ0v) is 18.8. The van der Waals surface area contributed by atoms with Crippen LogP contribution in [0.5, 0.6) is 0 Å². The Bertz CT molecular complexity index is 915. The lowest BCUT2D eigenvalue weighted by molar-refractivity contribution is -0.118. The normalized spacial score (nSPS) is 19.7. The number of nitrogens with one attached hydrogen (secondary N) is 1. The minimum Gasteiger partial charge on any atom is -0.497 e. The van der Waals surface area contributed by atoms with Gasteiger partial charge in [0.05, 0.1) is 12.8 Å². The van der Waals surface area contributed by atoms with Crippen LogP contribution in [0.1, 0.15) is 66.9 Å². The number of amides is 1. The van der Waals surface area contributed by atoms with E-state index in [2.05, 4.69) is 24.4 Å². The van der Waals surface area contributed by atoms with Gasteiger partial charge in [-0.2, -0.15) is 0 Å². The molecule has 1 amide bonds. The van der Waals surface area contributed by atoms with Crippen molar-refractivity contribution in [2.24, 2.45) is 5.92 Å². The predicted octanol–water partition coefficient (Wildman–Crippen LogP) is 4.35. The van der Waals surface area contributed by atoms with Crippen LogP contribution < -0.4 is 10.2 Å². The van der Waals surface area contributed by atoms with Crippen LogP contribution in [0, 0.1) is 5.92 Å². The van der Waals surface area contributed by atoms with Gasteiger partial charge in [-0.1, -0.05) is 13.0 Å². The van der Waals surface area contributed by atoms with E-state index in [0.717, 1.165) is 75.2 Å². The van der Waals surface area contributed by atoms with Gasteiger partial charge in [-0.3, -0.25) is 9.59 Å². The second-order valence-electron chi connectivity index (χ2n) is 8.95. The number of allylic oxidation sites excluding steroid dienone is 2. The van der Waals surface area contributed by atoms with Crippen LogP contribution in [0.2, 0.25) is 0 Å². The summed E-state index contributed by atoms with van der Waals surface area (Å²) < 4.78 is 5.51. The third-order valence-electron chi connectivity index (χ3n) is 6.84. The van der Waals surface area contributed by atoms with E-state index in [1.807, 2.05) is 17.0 Å². The maximum atomic E-state index is 12.7. The summed E-state index contributed by atoms with van der Waals surface area (Å²) in [5.41, 5.74) is 5.67. The largest absolute Gasteiger partial charge is 0.497 e. The van der Waals surface area contributed by atoms with Gasteiger partial charge >= 0.3 is 0 Å². The van der Waals surface area contributed by atoms with E-state index in [4.69, 9.17) is 4.74 Å². The summed E-state index contributed by atoms with van der Waals surface area (Å²) >= 11 is 0. The number of carbonyl (C=O) groups excluding carboxylic acids is 2. The zero-order valence-electron chi connectivity index (χ0n) is 18.8. The van der Waals surface area contributed by atoms with Crippen molar-refractivity contribution in [3.8, 4) is 0 Å². The fourth-order valence-electron chi connectivity index (χ4n) is 5.09. The average molecular weight is 423 g/mol. The number of ether oxygens (including phenoxy) is 1. The Labute approximate surface area is 185 Å². The Balaban J connectivity index is 1.20. The van der Waals surface area contributed by atoms with Gasteiger partial charge in [0.1, 0.15) is 5.76 Å². The summed E-state index contributed by atoms with van der Waals surface area (Å²) in [6, 6.07) is 4.06. The number of carbonyl (C=O) groups is 2. The number of rotatable bonds is 10. The van der Waals surface area contributed by atoms with Crippen LogP contribution in [0.15, 0.2) is 35.6 Å². The number of unbranched alkanes of at least 4 members (excludes halogenated alkanes) is 1. The van der Waals surface area contributed by atoms with Gasteiger partial charge in [0.2, 0.25) is 5.91 Å². The number of methoxy groups -OCH3 is 1. The molecule has 1 aromatic carbocycles. The molecule has 2 heterocycles. The van der Waals surface area contributed by atoms with Crippen molar-refractivity contribution in [1.29, 1.82) is 0 Å². The molecular weight excluding hydrogens is 388 g/mol. The van der Waals surface area contributed by atoms with Gasteiger partial charge in [-0.15, -0.1) is 0 Å². The number of ketones is 1. The van der Waals surface area contributed by atoms with E-state index in [9.17, 15) is 9.59 Å². The number of nitrogens with zero attached hydrogens (tertiary/aromatic N) is 1. The summed E-state index contributed by atoms with van der Waals surface area (Å²) in [6.45, 7) is 4.89. The van der Waals surface area contributed by atoms with Gasteiger partial charge in [-0.25, -0.2) is 0 Å². The van der Waals surface area contributed by atoms with Gasteiger partial charge in [0, 0.05) is 24.9 Å². The van der Waals surface area contributed by atoms with Crippen LogP contribution in [-0.4, -0.2) is 38.4 Å². The third kappa shape index (κ3) is 4.77. The molecule has 0 bridgehead atoms. The highest BCUT2D eigenvalue weighted by molar-refractivity contribution is 6.02. The third-order valence-corrected chi connectivity index (χ3v) is 6.84. The first-order chi connectivity index (χ1) is 15.1. The number of hydrogen-bond acceptors (Lipinski definition) is 4. The highest BCUT2D eigenvalue weighted by atomic mass is 16.5. The smallest absolute Gasteiger partial charge is 0.227 e. The van der Waals surface area contributed by atoms with Crippen LogP contribution in [-0.2, 0) is 22.4 Å². The topological polar surface area (TPSA) is 58.6 Å². The molecule has 1 N–H and O–H groups in total. The van der Waals surface area contributed by atoms with Crippen molar-refractivity contribution in [1.82, 2.24) is 5.32 Å². The monoisotopic (exact) mass is 422 g/mol. The summed E-state index contributed by atoms with van der Waals surface area (Å²) in [5.74, 6) is 2.02. The van der Waals surface area contributed by atoms with Crippen molar-refractivity contribution in [3.05, 3.63) is 52.3 Å². The number of Topliss-reactive ketones (excluding diaryl/α,β-unsaturated/α-hetero) is 1. The fraction of sp³-hybridized carbons (Fsp3) is 0.538. The highest BCUT2D eigenvalue weighted by Gasteiger charge is 2.31. The summed E-state index contributed by atoms with van der Waals surface area (Å²) in [6.07, 6.45) is 11.0. The second kappa shape index (κ2) is 9.82. The van der Waals surface area contributed by atoms with Gasteiger partial charge < -0.3 is 15.0 Å². The van der Waals surface area contributed by atoms with E-state index in [-0.39, 0.29) is 11.7 Å². The first-order valence-electron chi connectivity index (χ1n) is 11.7. The van der Waals surface area contributed by atoms with Crippen molar-refractivity contribution >= 4 is 17.4 Å². The quantitative estimate of drug-likeness (QED) is 0.450. The second-order valence-corrected chi connectivity index (χ2v) is 8.95. The van der Waals surface area contributed by atoms with Crippen molar-refractivity contribution in [3.63, 3.8) is 0 Å². The number of hydrogen-bond donors (Lipinski definition) is 1. The van der Waals surface area contributed by atoms with Crippen LogP contribution in [0.3, 0.4) is 0 Å². The number of benzene rings is 1. The Morgan fingerprint density at radius 2 is 1.97 bits per heavy atom. The van der Waals surface area contributed by atoms with Crippen molar-refractivity contribution in [2.75, 3.05) is 31.6 Å². The van der Waals surface area contributed by atoms with Crippen molar-refractivity contribution in [2.45, 2.75) is 58.3 Å². The van der Waals surface area contributed by atoms with Gasteiger partial charge in [-0.05, 0) is 92.4 Å². The molecule has 0 aromatic heterocycles. The van der Waals surface area contributed by atoms with Crippen LogP contribution in [0.4, 0.5) is 5.69 Å². The number of anilines is 1. The maximum Gasteiger partial charge on any atom is 0.227 e. The first kappa shape index (κ1) is 21.8. The summed E-state index contributed by atoms with van der Waals surface area (Å²) in [4.78, 5) is 26.7. The number of aryl methyl sites for hydroxylation is 1. The van der Waals surface area contributed by atoms with Gasteiger partial charge in [0.25, 0.3) is 0 Å². The standard InChI is InChI=1S/C26H34N2O3/c1-18-6-5-8-24(31-2)22(18)11-14-27-13-4-3-7-23(29)21-16-19-9-10-25(30)28-15-12-20(17-21)26(19)28/h5,8,16-18,27H,3-4,6-7,9-15H2,1-2H3. The minimum absolute atomic E-state index is 0.224. The molecular formula is C26H34N2O3. The summed E-state index contributed by atoms with van der Waals surface area (Å²) in [7, 11) is 1.74. The van der Waals surface area contributed by atoms with E-state index < -0.39 is 0 Å². The molecule has 4 rings (SSSR count). The zero-order chi connectivity index (χ0) is 21.8. The van der Waals surface area contributed by atoms with Crippen LogP contribution in [0.25, 0.3) is 0 Å². The van der Waals surface area contributed by atoms with Crippen molar-refractivity contribution < 1.29 is 14.3 Å². The minimum atomic E-state index is 0.224. The lowest BCUT2D eigenvalue weighted by atomic mass is 9.90. The lowest BCUT2D eigenvalue weighted by Crippen LogP contribution is -2.32. The molecule has 0 radical (unpaired) electrons. The Hall–Kier alpha value is -2.40. The molecule has 1 atom stereocenters. The van der Waals surface area contributed by atoms with Crippen LogP contribution >= 0.6 is 0 Å². The van der Waals surface area contributed by atoms with E-state index in [0.29, 0.717) is 18.8 Å². The molecule has 0 saturated heterocycles. The molecule has 31 heavy (non-hydrogen) atoms. The molecule has 3 aliphatic rings. The van der Waals surface area contributed by atoms with E-state index >= 15 is 0 Å². The first-order valence-corrected chi connectivity index (χ1v) is 11.7. The predicted molar refractivity (Wildman–Crippen MR) is 123 cm³/mol. The van der Waals surface area contributed by atoms with Gasteiger partial charge in [0.15, 0.2) is 5.78 Å². The molecule has 1 aromatic rings. The molecule has 5 nitrogen and oxygen atoms in total. The SMILES string of the molecule is COC1=C(CCNCCCCC(=O)c2cc3c4c(c2)CCN4C(=O)CC3)C(C)CC=C1. The maximum absolute atomic E-state index is 12.7. The molecule has 1 aliphatic carbocycles. The molecule has 166 valence electrons. The summed E-state index contributed by atoms with van der Waals surface area (Å²) in [5, 5.41) is 3.52. The molecule has 5 heteroatoms. The molecule has 0 saturated carbocycles. The lowest BCUT2D eigenvalue weighted by Gasteiger charge is -2.25. The Morgan fingerprint density at radius 3 is 2.77 bits per heavy atom. The Kier molecular flexibility index (Phi) is 6.91. The molecule has 2 aliphatic heterocycles. The Morgan fingerprint density at radius 1 is 1.16 bits per heavy atom. The molecule has 0 spiro atoms. The fourth-order valence-corrected chi connectivity index (χ4v) is 5.09. The highest BCUT2D eigenvalue weighted by Crippen LogP contribution is 2.37. The molecule has 0 fully saturated rings. The van der Waals surface area contributed by atoms with E-state index in [1.54, 1.807) is 7.11 Å².